The fourth-order valence-corrected chi connectivity index (χ4v) is 5.31. The van der Waals surface area contributed by atoms with Crippen LogP contribution in [0.25, 0.3) is 0 Å². The van der Waals surface area contributed by atoms with E-state index in [1.54, 1.807) is 6.07 Å². The van der Waals surface area contributed by atoms with Gasteiger partial charge in [0.25, 0.3) is 0 Å². The summed E-state index contributed by atoms with van der Waals surface area (Å²) < 4.78 is 25.0. The first-order valence-electron chi connectivity index (χ1n) is 10.5. The summed E-state index contributed by atoms with van der Waals surface area (Å²) in [6.07, 6.45) is 4.66. The number of aliphatic hydroxyl groups is 2. The van der Waals surface area contributed by atoms with E-state index in [2.05, 4.69) is 0 Å². The third-order valence-corrected chi connectivity index (χ3v) is 7.79. The zero-order chi connectivity index (χ0) is 21.9. The van der Waals surface area contributed by atoms with Crippen LogP contribution in [0.15, 0.2) is 18.2 Å². The first-order valence-corrected chi connectivity index (χ1v) is 12.4. The van der Waals surface area contributed by atoms with Crippen LogP contribution in [0.4, 0.5) is 4.79 Å². The summed E-state index contributed by atoms with van der Waals surface area (Å²) in [5.74, 6) is 0.439. The molecule has 0 spiro atoms. The molecule has 30 heavy (non-hydrogen) atoms. The second-order valence-electron chi connectivity index (χ2n) is 8.62. The molecule has 3 rings (SSSR count). The third-order valence-electron chi connectivity index (χ3n) is 6.54. The number of sulfonamides is 1. The maximum absolute atomic E-state index is 11.8. The molecule has 1 fully saturated rings. The van der Waals surface area contributed by atoms with Crippen molar-refractivity contribution in [1.82, 2.24) is 9.21 Å². The Kier molecular flexibility index (Phi) is 7.06. The predicted octanol–water partition coefficient (Wildman–Crippen LogP) is 1.74. The highest BCUT2D eigenvalue weighted by Gasteiger charge is 2.31. The Hall–Kier alpha value is -1.68. The van der Waals surface area contributed by atoms with Crippen molar-refractivity contribution in [1.29, 1.82) is 0 Å². The van der Waals surface area contributed by atoms with Gasteiger partial charge in [-0.3, -0.25) is 0 Å². The van der Waals surface area contributed by atoms with Gasteiger partial charge < -0.3 is 20.2 Å². The summed E-state index contributed by atoms with van der Waals surface area (Å²) in [5, 5.41) is 30.0. The van der Waals surface area contributed by atoms with Gasteiger partial charge in [0.1, 0.15) is 5.60 Å². The maximum Gasteiger partial charge on any atom is 0.407 e. The number of carbonyl (C=O) groups is 1. The largest absolute Gasteiger partial charge is 0.465 e. The highest BCUT2D eigenvalue weighted by molar-refractivity contribution is 7.88. The quantitative estimate of drug-likeness (QED) is 0.594. The normalized spacial score (nSPS) is 20.6. The van der Waals surface area contributed by atoms with Gasteiger partial charge in [-0.15, -0.1) is 0 Å². The Labute approximate surface area is 178 Å². The summed E-state index contributed by atoms with van der Waals surface area (Å²) in [5.41, 5.74) is 1.28. The maximum atomic E-state index is 11.8. The lowest BCUT2D eigenvalue weighted by atomic mass is 9.84. The fraction of sp³-hybridized carbons (Fsp3) is 0.667. The van der Waals surface area contributed by atoms with E-state index in [0.29, 0.717) is 50.5 Å². The number of hydrogen-bond acceptors (Lipinski definition) is 5. The van der Waals surface area contributed by atoms with E-state index in [1.165, 1.54) is 15.5 Å². The van der Waals surface area contributed by atoms with Gasteiger partial charge in [0.05, 0.1) is 12.9 Å². The van der Waals surface area contributed by atoms with E-state index >= 15 is 0 Å². The molecule has 1 aromatic carbocycles. The van der Waals surface area contributed by atoms with Crippen LogP contribution in [0, 0.1) is 5.92 Å². The van der Waals surface area contributed by atoms with E-state index in [0.717, 1.165) is 36.8 Å². The molecule has 2 aliphatic rings. The first kappa shape index (κ1) is 23.0. The minimum Gasteiger partial charge on any atom is -0.465 e. The Balaban J connectivity index is 1.59. The minimum atomic E-state index is -3.23. The van der Waals surface area contributed by atoms with Crippen molar-refractivity contribution in [3.63, 3.8) is 0 Å². The molecule has 0 saturated carbocycles. The topological polar surface area (TPSA) is 118 Å². The number of nitrogens with zero attached hydrogens (tertiary/aromatic N) is 2. The summed E-state index contributed by atoms with van der Waals surface area (Å²) in [6, 6.07) is 5.53. The summed E-state index contributed by atoms with van der Waals surface area (Å²) >= 11 is 0. The molecule has 0 radical (unpaired) electrons. The number of benzene rings is 1. The number of likely N-dealkylation sites (tertiary alicyclic amines) is 1. The van der Waals surface area contributed by atoms with Gasteiger partial charge in [-0.2, -0.15) is 4.31 Å². The van der Waals surface area contributed by atoms with Gasteiger partial charge >= 0.3 is 6.09 Å². The molecule has 2 heterocycles. The number of amides is 1. The molecule has 2 aliphatic heterocycles. The molecular formula is C21H32N2O6S. The summed E-state index contributed by atoms with van der Waals surface area (Å²) in [7, 11) is -3.23. The van der Waals surface area contributed by atoms with Crippen molar-refractivity contribution < 1.29 is 28.5 Å². The van der Waals surface area contributed by atoms with E-state index in [4.69, 9.17) is 5.11 Å². The van der Waals surface area contributed by atoms with Crippen LogP contribution >= 0.6 is 0 Å². The lowest BCUT2D eigenvalue weighted by Gasteiger charge is -2.32. The predicted molar refractivity (Wildman–Crippen MR) is 113 cm³/mol. The zero-order valence-corrected chi connectivity index (χ0v) is 18.3. The van der Waals surface area contributed by atoms with Gasteiger partial charge in [0.15, 0.2) is 0 Å². The second-order valence-corrected chi connectivity index (χ2v) is 10.6. The third kappa shape index (κ3) is 5.32. The van der Waals surface area contributed by atoms with Gasteiger partial charge in [0.2, 0.25) is 10.0 Å². The molecular weight excluding hydrogens is 408 g/mol. The summed E-state index contributed by atoms with van der Waals surface area (Å²) in [4.78, 5) is 12.4. The van der Waals surface area contributed by atoms with E-state index in [-0.39, 0.29) is 6.61 Å². The van der Waals surface area contributed by atoms with Crippen LogP contribution in [0.5, 0.6) is 0 Å². The number of fused-ring (bicyclic) bond motifs is 1. The number of rotatable bonds is 7. The molecule has 3 N–H and O–H groups in total. The lowest BCUT2D eigenvalue weighted by molar-refractivity contribution is -0.0291. The zero-order valence-electron chi connectivity index (χ0n) is 17.5. The van der Waals surface area contributed by atoms with Crippen molar-refractivity contribution in [2.24, 2.45) is 5.92 Å². The Bertz CT molecular complexity index is 866. The molecule has 1 saturated heterocycles. The number of piperidine rings is 1. The van der Waals surface area contributed by atoms with Crippen LogP contribution < -0.4 is 0 Å². The van der Waals surface area contributed by atoms with E-state index in [9.17, 15) is 23.4 Å². The molecule has 1 atom stereocenters. The van der Waals surface area contributed by atoms with Gasteiger partial charge in [0, 0.05) is 26.2 Å². The van der Waals surface area contributed by atoms with Crippen molar-refractivity contribution >= 4 is 16.1 Å². The SMILES string of the molecule is CS(=O)(=O)N1CCc2cc(C(O)(CO)CCCC3CCN(C(=O)O)CC3)ccc2C1. The van der Waals surface area contributed by atoms with Crippen LogP contribution in [0.2, 0.25) is 0 Å². The molecule has 9 heteroatoms. The van der Waals surface area contributed by atoms with Gasteiger partial charge in [-0.25, -0.2) is 13.2 Å². The molecule has 0 aromatic heterocycles. The minimum absolute atomic E-state index is 0.334. The molecule has 8 nitrogen and oxygen atoms in total. The first-order chi connectivity index (χ1) is 14.1. The highest BCUT2D eigenvalue weighted by Crippen LogP contribution is 2.32. The molecule has 1 amide bonds. The highest BCUT2D eigenvalue weighted by atomic mass is 32.2. The van der Waals surface area contributed by atoms with Crippen LogP contribution in [0.1, 0.15) is 48.8 Å². The molecule has 1 aromatic rings. The summed E-state index contributed by atoms with van der Waals surface area (Å²) in [6.45, 7) is 1.49. The lowest BCUT2D eigenvalue weighted by Crippen LogP contribution is -2.37. The molecule has 168 valence electrons. The van der Waals surface area contributed by atoms with Gasteiger partial charge in [-0.1, -0.05) is 24.6 Å². The standard InChI is InChI=1S/C21H32N2O6S/c1-30(28,29)23-12-8-17-13-19(5-4-18(17)14-23)21(27,15-24)9-2-3-16-6-10-22(11-7-16)20(25)26/h4-5,13,16,24,27H,2-3,6-12,14-15H2,1H3,(H,25,26). The Morgan fingerprint density at radius 1 is 1.20 bits per heavy atom. The van der Waals surface area contributed by atoms with E-state index in [1.807, 2.05) is 12.1 Å². The second kappa shape index (κ2) is 9.21. The van der Waals surface area contributed by atoms with Crippen molar-refractivity contribution in [3.8, 4) is 0 Å². The monoisotopic (exact) mass is 440 g/mol. The van der Waals surface area contributed by atoms with Crippen molar-refractivity contribution in [3.05, 3.63) is 34.9 Å². The van der Waals surface area contributed by atoms with Crippen molar-refractivity contribution in [2.75, 3.05) is 32.5 Å². The molecule has 0 aliphatic carbocycles. The fourth-order valence-electron chi connectivity index (χ4n) is 4.51. The van der Waals surface area contributed by atoms with Crippen LogP contribution in [-0.2, 0) is 28.6 Å². The van der Waals surface area contributed by atoms with Gasteiger partial charge in [-0.05, 0) is 54.7 Å². The molecule has 1 unspecified atom stereocenters. The smallest absolute Gasteiger partial charge is 0.407 e. The average molecular weight is 441 g/mol. The van der Waals surface area contributed by atoms with E-state index < -0.39 is 21.7 Å². The Morgan fingerprint density at radius 2 is 1.90 bits per heavy atom. The molecule has 0 bridgehead atoms. The average Bonchev–Trinajstić information content (AvgIpc) is 2.72. The van der Waals surface area contributed by atoms with Crippen LogP contribution in [-0.4, -0.2) is 71.5 Å². The van der Waals surface area contributed by atoms with Crippen LogP contribution in [0.3, 0.4) is 0 Å². The number of aliphatic hydroxyl groups excluding tert-OH is 1. The Morgan fingerprint density at radius 3 is 2.50 bits per heavy atom. The number of carboxylic acid groups (broad SMARTS) is 1. The van der Waals surface area contributed by atoms with Crippen molar-refractivity contribution in [2.45, 2.75) is 50.7 Å². The number of hydrogen-bond donors (Lipinski definition) is 3.